The molecule has 3 aromatic carbocycles. The number of hydrogen-bond acceptors (Lipinski definition) is 5. The van der Waals surface area contributed by atoms with Crippen molar-refractivity contribution < 1.29 is 4.79 Å². The SMILES string of the molecule is CC(=O)Nc1ccc(Nc2nc(Nc3ccccc3)cc(-c3ccccc3)n2)cc1. The first-order valence-electron chi connectivity index (χ1n) is 9.57. The Bertz CT molecular complexity index is 1130. The van der Waals surface area contributed by atoms with Crippen molar-refractivity contribution in [3.05, 3.63) is 91.0 Å². The summed E-state index contributed by atoms with van der Waals surface area (Å²) in [6, 6.07) is 29.2. The highest BCUT2D eigenvalue weighted by molar-refractivity contribution is 5.88. The van der Waals surface area contributed by atoms with Crippen molar-refractivity contribution in [3.8, 4) is 11.3 Å². The molecule has 0 fully saturated rings. The quantitative estimate of drug-likeness (QED) is 0.397. The molecule has 30 heavy (non-hydrogen) atoms. The summed E-state index contributed by atoms with van der Waals surface area (Å²) >= 11 is 0. The monoisotopic (exact) mass is 395 g/mol. The molecule has 0 radical (unpaired) electrons. The summed E-state index contributed by atoms with van der Waals surface area (Å²) in [7, 11) is 0. The third-order valence-corrected chi connectivity index (χ3v) is 4.30. The topological polar surface area (TPSA) is 78.9 Å². The molecule has 0 aliphatic heterocycles. The van der Waals surface area contributed by atoms with Crippen LogP contribution in [0.1, 0.15) is 6.92 Å². The lowest BCUT2D eigenvalue weighted by atomic mass is 10.1. The second kappa shape index (κ2) is 8.87. The minimum absolute atomic E-state index is 0.105. The van der Waals surface area contributed by atoms with Crippen LogP contribution in [0.3, 0.4) is 0 Å². The highest BCUT2D eigenvalue weighted by Gasteiger charge is 2.08. The highest BCUT2D eigenvalue weighted by Crippen LogP contribution is 2.25. The van der Waals surface area contributed by atoms with Gasteiger partial charge in [-0.25, -0.2) is 4.98 Å². The molecule has 1 aromatic heterocycles. The molecule has 0 bridgehead atoms. The normalized spacial score (nSPS) is 10.3. The van der Waals surface area contributed by atoms with Crippen molar-refractivity contribution in [1.82, 2.24) is 9.97 Å². The van der Waals surface area contributed by atoms with Crippen LogP contribution in [-0.2, 0) is 4.79 Å². The Morgan fingerprint density at radius 3 is 1.97 bits per heavy atom. The van der Waals surface area contributed by atoms with E-state index in [2.05, 4.69) is 25.9 Å². The van der Waals surface area contributed by atoms with Gasteiger partial charge in [0.15, 0.2) is 0 Å². The zero-order valence-electron chi connectivity index (χ0n) is 16.5. The molecule has 6 heteroatoms. The number of para-hydroxylation sites is 1. The largest absolute Gasteiger partial charge is 0.340 e. The summed E-state index contributed by atoms with van der Waals surface area (Å²) in [4.78, 5) is 20.5. The van der Waals surface area contributed by atoms with E-state index in [0.717, 1.165) is 28.3 Å². The number of benzene rings is 3. The minimum atomic E-state index is -0.105. The molecule has 0 aliphatic carbocycles. The average molecular weight is 395 g/mol. The second-order valence-electron chi connectivity index (χ2n) is 6.70. The molecule has 1 heterocycles. The van der Waals surface area contributed by atoms with Crippen LogP contribution in [0.25, 0.3) is 11.3 Å². The minimum Gasteiger partial charge on any atom is -0.340 e. The molecule has 0 aliphatic rings. The number of nitrogens with zero attached hydrogens (tertiary/aromatic N) is 2. The smallest absolute Gasteiger partial charge is 0.229 e. The predicted molar refractivity (Wildman–Crippen MR) is 121 cm³/mol. The van der Waals surface area contributed by atoms with Gasteiger partial charge >= 0.3 is 0 Å². The number of nitrogens with one attached hydrogen (secondary N) is 3. The van der Waals surface area contributed by atoms with E-state index in [1.807, 2.05) is 91.0 Å². The lowest BCUT2D eigenvalue weighted by molar-refractivity contribution is -0.114. The van der Waals surface area contributed by atoms with Crippen LogP contribution < -0.4 is 16.0 Å². The number of rotatable bonds is 6. The molecule has 1 amide bonds. The van der Waals surface area contributed by atoms with E-state index in [1.54, 1.807) is 0 Å². The maximum Gasteiger partial charge on any atom is 0.229 e. The molecule has 0 unspecified atom stereocenters. The van der Waals surface area contributed by atoms with Gasteiger partial charge in [0.1, 0.15) is 5.82 Å². The van der Waals surface area contributed by atoms with Crippen LogP contribution in [-0.4, -0.2) is 15.9 Å². The van der Waals surface area contributed by atoms with Crippen molar-refractivity contribution in [2.45, 2.75) is 6.92 Å². The average Bonchev–Trinajstić information content (AvgIpc) is 2.76. The Kier molecular flexibility index (Phi) is 5.66. The van der Waals surface area contributed by atoms with Crippen LogP contribution in [0.15, 0.2) is 91.0 Å². The van der Waals surface area contributed by atoms with Gasteiger partial charge in [0.2, 0.25) is 11.9 Å². The Morgan fingerprint density at radius 1 is 0.700 bits per heavy atom. The number of hydrogen-bond donors (Lipinski definition) is 3. The molecule has 0 atom stereocenters. The summed E-state index contributed by atoms with van der Waals surface area (Å²) in [5.74, 6) is 1.06. The summed E-state index contributed by atoms with van der Waals surface area (Å²) in [5, 5.41) is 9.33. The van der Waals surface area contributed by atoms with Gasteiger partial charge in [0, 0.05) is 35.6 Å². The van der Waals surface area contributed by atoms with E-state index in [9.17, 15) is 4.79 Å². The number of aromatic nitrogens is 2. The Balaban J connectivity index is 1.64. The Labute approximate surface area is 175 Å². The molecule has 6 nitrogen and oxygen atoms in total. The van der Waals surface area contributed by atoms with E-state index in [0.29, 0.717) is 11.8 Å². The summed E-state index contributed by atoms with van der Waals surface area (Å²) in [6.45, 7) is 1.48. The van der Waals surface area contributed by atoms with Crippen molar-refractivity contribution in [2.24, 2.45) is 0 Å². The predicted octanol–water partition coefficient (Wildman–Crippen LogP) is 5.59. The molecular weight excluding hydrogens is 374 g/mol. The first-order valence-corrected chi connectivity index (χ1v) is 9.57. The standard InChI is InChI=1S/C24H21N5O/c1-17(30)25-20-12-14-21(15-13-20)27-24-28-22(18-8-4-2-5-9-18)16-23(29-24)26-19-10-6-3-7-11-19/h2-16H,1H3,(H,25,30)(H2,26,27,28,29). The zero-order chi connectivity index (χ0) is 20.8. The Hall–Kier alpha value is -4.19. The van der Waals surface area contributed by atoms with Crippen LogP contribution in [0.4, 0.5) is 28.8 Å². The van der Waals surface area contributed by atoms with Crippen LogP contribution in [0, 0.1) is 0 Å². The lowest BCUT2D eigenvalue weighted by Gasteiger charge is -2.12. The summed E-state index contributed by atoms with van der Waals surface area (Å²) in [5.41, 5.74) is 4.31. The van der Waals surface area contributed by atoms with Gasteiger partial charge in [-0.1, -0.05) is 48.5 Å². The van der Waals surface area contributed by atoms with Gasteiger partial charge in [0.05, 0.1) is 5.69 Å². The van der Waals surface area contributed by atoms with Crippen LogP contribution in [0.5, 0.6) is 0 Å². The van der Waals surface area contributed by atoms with Crippen molar-refractivity contribution in [2.75, 3.05) is 16.0 Å². The van der Waals surface area contributed by atoms with E-state index in [-0.39, 0.29) is 5.91 Å². The van der Waals surface area contributed by atoms with Crippen LogP contribution >= 0.6 is 0 Å². The van der Waals surface area contributed by atoms with Gasteiger partial charge in [-0.15, -0.1) is 0 Å². The summed E-state index contributed by atoms with van der Waals surface area (Å²) in [6.07, 6.45) is 0. The van der Waals surface area contributed by atoms with Gasteiger partial charge in [0.25, 0.3) is 0 Å². The van der Waals surface area contributed by atoms with E-state index in [4.69, 9.17) is 0 Å². The van der Waals surface area contributed by atoms with Gasteiger partial charge in [-0.2, -0.15) is 4.98 Å². The number of amides is 1. The maximum absolute atomic E-state index is 11.2. The molecular formula is C24H21N5O. The fourth-order valence-electron chi connectivity index (χ4n) is 2.96. The molecule has 4 rings (SSSR count). The van der Waals surface area contributed by atoms with Crippen LogP contribution in [0.2, 0.25) is 0 Å². The molecule has 4 aromatic rings. The maximum atomic E-state index is 11.2. The molecule has 148 valence electrons. The van der Waals surface area contributed by atoms with Crippen molar-refractivity contribution in [1.29, 1.82) is 0 Å². The fraction of sp³-hybridized carbons (Fsp3) is 0.0417. The number of anilines is 5. The zero-order valence-corrected chi connectivity index (χ0v) is 16.5. The number of carbonyl (C=O) groups is 1. The lowest BCUT2D eigenvalue weighted by Crippen LogP contribution is -2.06. The third kappa shape index (κ3) is 4.99. The highest BCUT2D eigenvalue weighted by atomic mass is 16.1. The molecule has 0 spiro atoms. The van der Waals surface area contributed by atoms with Crippen molar-refractivity contribution in [3.63, 3.8) is 0 Å². The molecule has 0 saturated carbocycles. The Morgan fingerprint density at radius 2 is 1.30 bits per heavy atom. The van der Waals surface area contributed by atoms with Gasteiger partial charge in [-0.05, 0) is 36.4 Å². The van der Waals surface area contributed by atoms with Gasteiger partial charge in [-0.3, -0.25) is 4.79 Å². The van der Waals surface area contributed by atoms with Crippen molar-refractivity contribution >= 4 is 34.7 Å². The van der Waals surface area contributed by atoms with Gasteiger partial charge < -0.3 is 16.0 Å². The first kappa shape index (κ1) is 19.1. The molecule has 3 N–H and O–H groups in total. The van der Waals surface area contributed by atoms with E-state index < -0.39 is 0 Å². The fourth-order valence-corrected chi connectivity index (χ4v) is 2.96. The molecule has 0 saturated heterocycles. The second-order valence-corrected chi connectivity index (χ2v) is 6.70. The number of carbonyl (C=O) groups excluding carboxylic acids is 1. The van der Waals surface area contributed by atoms with E-state index >= 15 is 0 Å². The summed E-state index contributed by atoms with van der Waals surface area (Å²) < 4.78 is 0. The van der Waals surface area contributed by atoms with E-state index in [1.165, 1.54) is 6.92 Å². The first-order chi connectivity index (χ1) is 14.7. The third-order valence-electron chi connectivity index (χ3n) is 4.30.